The van der Waals surface area contributed by atoms with Gasteiger partial charge in [0.05, 0.1) is 19.1 Å². The summed E-state index contributed by atoms with van der Waals surface area (Å²) in [5, 5.41) is 8.89. The molecule has 3 rings (SSSR count). The molecular weight excluding hydrogens is 508 g/mol. The van der Waals surface area contributed by atoms with Crippen LogP contribution in [0, 0.1) is 29.6 Å². The SMILES string of the molecule is CC(CCN1Cc2cc(C#CC#C[C@H]3C[C@]3(F)COP(=O)(O)O)cn2C1=O)(C(=O)NO)S(C)(=O)=O. The lowest BCUT2D eigenvalue weighted by Crippen LogP contribution is -2.50. The summed E-state index contributed by atoms with van der Waals surface area (Å²) in [7, 11) is -8.65. The van der Waals surface area contributed by atoms with Gasteiger partial charge in [-0.3, -0.25) is 19.1 Å². The maximum Gasteiger partial charge on any atom is 0.469 e. The quantitative estimate of drug-likeness (QED) is 0.158. The fourth-order valence-corrected chi connectivity index (χ4v) is 4.67. The molecule has 3 atom stereocenters. The molecule has 2 amide bonds. The second-order valence-corrected chi connectivity index (χ2v) is 12.2. The molecule has 1 unspecified atom stereocenters. The van der Waals surface area contributed by atoms with Crippen molar-refractivity contribution in [2.45, 2.75) is 36.7 Å². The van der Waals surface area contributed by atoms with Crippen molar-refractivity contribution in [1.82, 2.24) is 14.9 Å². The van der Waals surface area contributed by atoms with Gasteiger partial charge in [0.15, 0.2) is 14.6 Å². The van der Waals surface area contributed by atoms with Crippen LogP contribution in [0.15, 0.2) is 12.3 Å². The van der Waals surface area contributed by atoms with Crippen LogP contribution in [-0.4, -0.2) is 74.6 Å². The van der Waals surface area contributed by atoms with Crippen molar-refractivity contribution in [2.75, 3.05) is 19.4 Å². The predicted octanol–water partition coefficient (Wildman–Crippen LogP) is 0.163. The Morgan fingerprint density at radius 1 is 1.43 bits per heavy atom. The summed E-state index contributed by atoms with van der Waals surface area (Å²) in [6.45, 7) is 0.506. The van der Waals surface area contributed by atoms with Gasteiger partial charge in [-0.25, -0.2) is 27.6 Å². The summed E-state index contributed by atoms with van der Waals surface area (Å²) in [5.74, 6) is 8.46. The monoisotopic (exact) mass is 531 g/mol. The number of aromatic nitrogens is 1. The fraction of sp³-hybridized carbons (Fsp3) is 0.500. The third-order valence-corrected chi connectivity index (χ3v) is 8.48. The van der Waals surface area contributed by atoms with Gasteiger partial charge in [-0.05, 0) is 31.3 Å². The molecule has 15 heteroatoms. The van der Waals surface area contributed by atoms with Crippen molar-refractivity contribution in [2.24, 2.45) is 5.92 Å². The average molecular weight is 531 g/mol. The van der Waals surface area contributed by atoms with E-state index in [1.807, 2.05) is 0 Å². The molecule has 1 saturated carbocycles. The minimum atomic E-state index is -4.76. The highest BCUT2D eigenvalue weighted by Crippen LogP contribution is 2.50. The predicted molar refractivity (Wildman–Crippen MR) is 118 cm³/mol. The van der Waals surface area contributed by atoms with E-state index in [-0.39, 0.29) is 25.9 Å². The Hall–Kier alpha value is -2.71. The number of rotatable bonds is 8. The summed E-state index contributed by atoms with van der Waals surface area (Å²) in [4.78, 5) is 43.2. The van der Waals surface area contributed by atoms with E-state index in [1.165, 1.54) is 28.1 Å². The first kappa shape index (κ1) is 26.9. The molecule has 4 N–H and O–H groups in total. The molecule has 0 radical (unpaired) electrons. The zero-order valence-corrected chi connectivity index (χ0v) is 20.4. The summed E-state index contributed by atoms with van der Waals surface area (Å²) >= 11 is 0. The molecule has 1 aromatic rings. The molecule has 0 saturated heterocycles. The molecule has 12 nitrogen and oxygen atoms in total. The molecular formula is C20H23FN3O9PS. The highest BCUT2D eigenvalue weighted by Gasteiger charge is 2.56. The van der Waals surface area contributed by atoms with Crippen molar-refractivity contribution in [1.29, 1.82) is 0 Å². The summed E-state index contributed by atoms with van der Waals surface area (Å²) in [6.07, 6.45) is 2.09. The number of hydrogen-bond donors (Lipinski definition) is 4. The van der Waals surface area contributed by atoms with E-state index in [4.69, 9.17) is 15.0 Å². The van der Waals surface area contributed by atoms with Crippen molar-refractivity contribution in [3.63, 3.8) is 0 Å². The Kier molecular flexibility index (Phi) is 7.21. The summed E-state index contributed by atoms with van der Waals surface area (Å²) in [5.41, 5.74) is 0.487. The van der Waals surface area contributed by atoms with Crippen LogP contribution in [0.1, 0.15) is 31.0 Å². The van der Waals surface area contributed by atoms with Gasteiger partial charge in [-0.1, -0.05) is 11.8 Å². The summed E-state index contributed by atoms with van der Waals surface area (Å²) < 4.78 is 52.5. The number of phosphoric acid groups is 1. The largest absolute Gasteiger partial charge is 0.469 e. The first-order valence-corrected chi connectivity index (χ1v) is 13.6. The number of sulfone groups is 1. The number of hydroxylamine groups is 1. The van der Waals surface area contributed by atoms with Gasteiger partial charge < -0.3 is 14.7 Å². The number of amides is 2. The highest BCUT2D eigenvalue weighted by atomic mass is 32.2. The van der Waals surface area contributed by atoms with Gasteiger partial charge in [-0.15, -0.1) is 0 Å². The summed E-state index contributed by atoms with van der Waals surface area (Å²) in [6, 6.07) is 1.19. The Morgan fingerprint density at radius 2 is 2.11 bits per heavy atom. The van der Waals surface area contributed by atoms with E-state index in [1.54, 1.807) is 6.07 Å². The van der Waals surface area contributed by atoms with Crippen LogP contribution in [0.3, 0.4) is 0 Å². The number of fused-ring (bicyclic) bond motifs is 1. The normalized spacial score (nSPS) is 22.9. The minimum absolute atomic E-state index is 0.0229. The van der Waals surface area contributed by atoms with Crippen molar-refractivity contribution < 1.29 is 46.5 Å². The van der Waals surface area contributed by atoms with Crippen molar-refractivity contribution >= 4 is 29.6 Å². The molecule has 1 aliphatic carbocycles. The molecule has 0 aromatic carbocycles. The van der Waals surface area contributed by atoms with Gasteiger partial charge in [0.2, 0.25) is 0 Å². The zero-order chi connectivity index (χ0) is 26.2. The second-order valence-electron chi connectivity index (χ2n) is 8.56. The van der Waals surface area contributed by atoms with Gasteiger partial charge in [0.1, 0.15) is 5.67 Å². The van der Waals surface area contributed by atoms with E-state index in [2.05, 4.69) is 28.2 Å². The molecule has 1 aliphatic heterocycles. The lowest BCUT2D eigenvalue weighted by Gasteiger charge is -2.27. The van der Waals surface area contributed by atoms with E-state index >= 15 is 0 Å². The number of nitrogens with zero attached hydrogens (tertiary/aromatic N) is 2. The van der Waals surface area contributed by atoms with Crippen LogP contribution in [0.25, 0.3) is 0 Å². The Balaban J connectivity index is 1.59. The third-order valence-electron chi connectivity index (χ3n) is 5.98. The fourth-order valence-electron chi connectivity index (χ4n) is 3.44. The number of carbonyl (C=O) groups is 2. The number of alkyl halides is 1. The van der Waals surface area contributed by atoms with Gasteiger partial charge in [0, 0.05) is 36.7 Å². The van der Waals surface area contributed by atoms with Crippen molar-refractivity contribution in [3.8, 4) is 23.7 Å². The molecule has 2 aliphatic rings. The molecule has 0 bridgehead atoms. The smallest absolute Gasteiger partial charge is 0.318 e. The van der Waals surface area contributed by atoms with Crippen LogP contribution >= 0.6 is 7.82 Å². The van der Waals surface area contributed by atoms with Crippen LogP contribution in [0.2, 0.25) is 0 Å². The van der Waals surface area contributed by atoms with Crippen LogP contribution in [0.5, 0.6) is 0 Å². The van der Waals surface area contributed by atoms with Gasteiger partial charge >= 0.3 is 13.9 Å². The molecule has 0 spiro atoms. The molecule has 1 fully saturated rings. The number of nitrogens with one attached hydrogen (secondary N) is 1. The lowest BCUT2D eigenvalue weighted by molar-refractivity contribution is -0.131. The average Bonchev–Trinajstić information content (AvgIpc) is 3.08. The van der Waals surface area contributed by atoms with E-state index in [0.717, 1.165) is 6.26 Å². The molecule has 2 heterocycles. The topological polar surface area (TPSA) is 175 Å². The van der Waals surface area contributed by atoms with Gasteiger partial charge in [0.25, 0.3) is 5.91 Å². The maximum atomic E-state index is 14.2. The Bertz CT molecular complexity index is 1330. The van der Waals surface area contributed by atoms with Crippen LogP contribution in [-0.2, 0) is 30.3 Å². The van der Waals surface area contributed by atoms with E-state index in [0.29, 0.717) is 11.3 Å². The Labute approximate surface area is 200 Å². The standard InChI is InChI=1S/C20H23FN3O9PS/c1-19(17(25)22-27,35(2,31)32)7-8-23-12-16-9-14(11-24(16)18(23)26)5-3-4-6-15-10-20(15,21)13-33-34(28,29)30/h9,11,15,27H,7-8,10,12-13H2,1-2H3,(H,22,25)(H2,28,29,30)/t15-,19?,20-/m0/s1. The van der Waals surface area contributed by atoms with E-state index in [9.17, 15) is 27.0 Å². The molecule has 35 heavy (non-hydrogen) atoms. The Morgan fingerprint density at radius 3 is 2.69 bits per heavy atom. The van der Waals surface area contributed by atoms with Gasteiger partial charge in [-0.2, -0.15) is 0 Å². The number of carbonyl (C=O) groups excluding carboxylic acids is 2. The maximum absolute atomic E-state index is 14.2. The minimum Gasteiger partial charge on any atom is -0.318 e. The molecule has 190 valence electrons. The van der Waals surface area contributed by atoms with Crippen LogP contribution in [0.4, 0.5) is 9.18 Å². The zero-order valence-electron chi connectivity index (χ0n) is 18.7. The van der Waals surface area contributed by atoms with Crippen LogP contribution < -0.4 is 5.48 Å². The number of hydrogen-bond acceptors (Lipinski definition) is 7. The number of phosphoric ester groups is 1. The third kappa shape index (κ3) is 5.93. The lowest BCUT2D eigenvalue weighted by atomic mass is 10.1. The first-order chi connectivity index (χ1) is 16.1. The molecule has 1 aromatic heterocycles. The number of halogens is 1. The second kappa shape index (κ2) is 9.39. The van der Waals surface area contributed by atoms with E-state index < -0.39 is 52.5 Å². The van der Waals surface area contributed by atoms with Crippen molar-refractivity contribution in [3.05, 3.63) is 23.5 Å². The highest BCUT2D eigenvalue weighted by molar-refractivity contribution is 7.92. The first-order valence-electron chi connectivity index (χ1n) is 10.1.